The quantitative estimate of drug-likeness (QED) is 0.749. The molecule has 2 amide bonds. The summed E-state index contributed by atoms with van der Waals surface area (Å²) in [6.45, 7) is 1.97. The van der Waals surface area contributed by atoms with Crippen LogP contribution in [0.3, 0.4) is 0 Å². The van der Waals surface area contributed by atoms with Crippen molar-refractivity contribution in [1.29, 1.82) is 0 Å². The standard InChI is InChI=1S/C23H26N2O4S/c1-28-18-9-7-17(8-10-18)21(26)25-15-16-30-23(25)11-13-24(14-12-23)22(27)19-5-3-4-6-20(19)29-2/h3-10H,11-16H2,1-2H3. The molecule has 0 atom stereocenters. The lowest BCUT2D eigenvalue weighted by Crippen LogP contribution is -2.53. The predicted octanol–water partition coefficient (Wildman–Crippen LogP) is 3.53. The molecule has 0 unspecified atom stereocenters. The molecule has 2 aromatic carbocycles. The summed E-state index contributed by atoms with van der Waals surface area (Å²) in [4.78, 5) is 29.9. The minimum absolute atomic E-state index is 0.0154. The first kappa shape index (κ1) is 20.6. The number of ether oxygens (including phenoxy) is 2. The Hall–Kier alpha value is -2.67. The van der Waals surface area contributed by atoms with Crippen molar-refractivity contribution in [1.82, 2.24) is 9.80 Å². The average Bonchev–Trinajstić information content (AvgIpc) is 3.21. The summed E-state index contributed by atoms with van der Waals surface area (Å²) in [6, 6.07) is 14.6. The van der Waals surface area contributed by atoms with Gasteiger partial charge in [-0.1, -0.05) is 12.1 Å². The van der Waals surface area contributed by atoms with Gasteiger partial charge in [-0.3, -0.25) is 9.59 Å². The van der Waals surface area contributed by atoms with Crippen molar-refractivity contribution in [2.24, 2.45) is 0 Å². The molecule has 158 valence electrons. The molecule has 2 aliphatic rings. The fraction of sp³-hybridized carbons (Fsp3) is 0.391. The van der Waals surface area contributed by atoms with E-state index in [0.29, 0.717) is 30.0 Å². The van der Waals surface area contributed by atoms with Crippen molar-refractivity contribution in [3.63, 3.8) is 0 Å². The Morgan fingerprint density at radius 1 is 0.900 bits per heavy atom. The first-order valence-electron chi connectivity index (χ1n) is 10.1. The number of carbonyl (C=O) groups is 2. The van der Waals surface area contributed by atoms with Gasteiger partial charge in [0, 0.05) is 31.0 Å². The minimum atomic E-state index is -0.242. The molecular formula is C23H26N2O4S. The number of para-hydroxylation sites is 1. The second-order valence-corrected chi connectivity index (χ2v) is 8.93. The van der Waals surface area contributed by atoms with Crippen LogP contribution in [0.15, 0.2) is 48.5 Å². The summed E-state index contributed by atoms with van der Waals surface area (Å²) in [5.74, 6) is 2.28. The van der Waals surface area contributed by atoms with Gasteiger partial charge in [-0.05, 0) is 49.2 Å². The molecule has 2 aromatic rings. The molecule has 0 saturated carbocycles. The molecule has 2 saturated heterocycles. The Bertz CT molecular complexity index is 923. The average molecular weight is 427 g/mol. The summed E-state index contributed by atoms with van der Waals surface area (Å²) in [5, 5.41) is 0. The lowest BCUT2D eigenvalue weighted by molar-refractivity contribution is 0.0496. The van der Waals surface area contributed by atoms with Gasteiger partial charge >= 0.3 is 0 Å². The van der Waals surface area contributed by atoms with Crippen LogP contribution >= 0.6 is 11.8 Å². The molecule has 0 radical (unpaired) electrons. The SMILES string of the molecule is COc1ccc(C(=O)N2CCSC23CCN(C(=O)c2ccccc2OC)CC3)cc1. The normalized spacial score (nSPS) is 17.8. The third-order valence-corrected chi connectivity index (χ3v) is 7.48. The van der Waals surface area contributed by atoms with Crippen LogP contribution in [0.4, 0.5) is 0 Å². The van der Waals surface area contributed by atoms with Crippen LogP contribution < -0.4 is 9.47 Å². The number of benzene rings is 2. The molecular weight excluding hydrogens is 400 g/mol. The number of likely N-dealkylation sites (tertiary alicyclic amines) is 1. The van der Waals surface area contributed by atoms with Crippen LogP contribution in [0.5, 0.6) is 11.5 Å². The maximum atomic E-state index is 13.2. The fourth-order valence-corrected chi connectivity index (χ4v) is 5.70. The van der Waals surface area contributed by atoms with Crippen molar-refractivity contribution in [2.45, 2.75) is 17.7 Å². The summed E-state index contributed by atoms with van der Waals surface area (Å²) in [5.41, 5.74) is 1.26. The van der Waals surface area contributed by atoms with Gasteiger partial charge in [0.2, 0.25) is 0 Å². The molecule has 30 heavy (non-hydrogen) atoms. The predicted molar refractivity (Wildman–Crippen MR) is 117 cm³/mol. The second kappa shape index (κ2) is 8.60. The van der Waals surface area contributed by atoms with E-state index in [-0.39, 0.29) is 16.7 Å². The van der Waals surface area contributed by atoms with Gasteiger partial charge in [0.25, 0.3) is 11.8 Å². The van der Waals surface area contributed by atoms with E-state index in [1.54, 1.807) is 26.4 Å². The summed E-state index contributed by atoms with van der Waals surface area (Å²) in [6.07, 6.45) is 1.53. The highest BCUT2D eigenvalue weighted by Crippen LogP contribution is 2.45. The van der Waals surface area contributed by atoms with E-state index in [1.807, 2.05) is 58.0 Å². The van der Waals surface area contributed by atoms with Gasteiger partial charge in [0.05, 0.1) is 24.7 Å². The Balaban J connectivity index is 1.47. The first-order valence-corrected chi connectivity index (χ1v) is 11.1. The van der Waals surface area contributed by atoms with Crippen LogP contribution in [-0.4, -0.2) is 66.1 Å². The minimum Gasteiger partial charge on any atom is -0.497 e. The Morgan fingerprint density at radius 2 is 1.60 bits per heavy atom. The van der Waals surface area contributed by atoms with Gasteiger partial charge in [-0.25, -0.2) is 0 Å². The number of piperidine rings is 1. The van der Waals surface area contributed by atoms with Crippen molar-refractivity contribution in [3.05, 3.63) is 59.7 Å². The zero-order chi connectivity index (χ0) is 21.1. The van der Waals surface area contributed by atoms with Crippen LogP contribution in [0.2, 0.25) is 0 Å². The van der Waals surface area contributed by atoms with Gasteiger partial charge in [0.15, 0.2) is 0 Å². The molecule has 6 nitrogen and oxygen atoms in total. The van der Waals surface area contributed by atoms with Crippen molar-refractivity contribution in [2.75, 3.05) is 39.6 Å². The van der Waals surface area contributed by atoms with E-state index >= 15 is 0 Å². The molecule has 0 aliphatic carbocycles. The van der Waals surface area contributed by atoms with Crippen molar-refractivity contribution < 1.29 is 19.1 Å². The highest BCUT2D eigenvalue weighted by atomic mass is 32.2. The van der Waals surface area contributed by atoms with E-state index in [2.05, 4.69) is 0 Å². The zero-order valence-electron chi connectivity index (χ0n) is 17.3. The van der Waals surface area contributed by atoms with Crippen molar-refractivity contribution >= 4 is 23.6 Å². The number of nitrogens with zero attached hydrogens (tertiary/aromatic N) is 2. The van der Waals surface area contributed by atoms with E-state index in [9.17, 15) is 9.59 Å². The maximum absolute atomic E-state index is 13.2. The first-order chi connectivity index (χ1) is 14.6. The largest absolute Gasteiger partial charge is 0.497 e. The number of carbonyl (C=O) groups excluding carboxylic acids is 2. The molecule has 2 heterocycles. The van der Waals surface area contributed by atoms with E-state index in [4.69, 9.17) is 9.47 Å². The topological polar surface area (TPSA) is 59.1 Å². The molecule has 0 bridgehead atoms. The van der Waals surface area contributed by atoms with Crippen LogP contribution in [0, 0.1) is 0 Å². The molecule has 0 N–H and O–H groups in total. The van der Waals surface area contributed by atoms with Crippen molar-refractivity contribution in [3.8, 4) is 11.5 Å². The van der Waals surface area contributed by atoms with E-state index < -0.39 is 0 Å². The molecule has 4 rings (SSSR count). The smallest absolute Gasteiger partial charge is 0.257 e. The van der Waals surface area contributed by atoms with Gasteiger partial charge in [-0.15, -0.1) is 11.8 Å². The number of methoxy groups -OCH3 is 2. The molecule has 2 fully saturated rings. The Morgan fingerprint density at radius 3 is 2.27 bits per heavy atom. The molecule has 1 spiro atoms. The summed E-state index contributed by atoms with van der Waals surface area (Å²) >= 11 is 1.84. The highest BCUT2D eigenvalue weighted by Gasteiger charge is 2.47. The third-order valence-electron chi connectivity index (χ3n) is 5.93. The number of amides is 2. The maximum Gasteiger partial charge on any atom is 0.257 e. The van der Waals surface area contributed by atoms with E-state index in [1.165, 1.54) is 0 Å². The molecule has 2 aliphatic heterocycles. The van der Waals surface area contributed by atoms with Gasteiger partial charge in [-0.2, -0.15) is 0 Å². The summed E-state index contributed by atoms with van der Waals surface area (Å²) in [7, 11) is 3.19. The lowest BCUT2D eigenvalue weighted by atomic mass is 10.00. The third kappa shape index (κ3) is 3.74. The monoisotopic (exact) mass is 426 g/mol. The number of hydrogen-bond acceptors (Lipinski definition) is 5. The van der Waals surface area contributed by atoms with Crippen LogP contribution in [0.25, 0.3) is 0 Å². The van der Waals surface area contributed by atoms with Crippen LogP contribution in [-0.2, 0) is 0 Å². The highest BCUT2D eigenvalue weighted by molar-refractivity contribution is 8.00. The number of thioether (sulfide) groups is 1. The molecule has 0 aromatic heterocycles. The fourth-order valence-electron chi connectivity index (χ4n) is 4.25. The Labute approximate surface area is 181 Å². The van der Waals surface area contributed by atoms with Crippen LogP contribution in [0.1, 0.15) is 33.6 Å². The summed E-state index contributed by atoms with van der Waals surface area (Å²) < 4.78 is 10.5. The number of hydrogen-bond donors (Lipinski definition) is 0. The Kier molecular flexibility index (Phi) is 5.90. The number of rotatable bonds is 4. The lowest BCUT2D eigenvalue weighted by Gasteiger charge is -2.44. The molecule has 7 heteroatoms. The van der Waals surface area contributed by atoms with Gasteiger partial charge < -0.3 is 19.3 Å². The van der Waals surface area contributed by atoms with E-state index in [0.717, 1.165) is 30.9 Å². The second-order valence-electron chi connectivity index (χ2n) is 7.47. The van der Waals surface area contributed by atoms with Gasteiger partial charge in [0.1, 0.15) is 11.5 Å². The zero-order valence-corrected chi connectivity index (χ0v) is 18.1.